The zero-order chi connectivity index (χ0) is 19.3. The highest BCUT2D eigenvalue weighted by molar-refractivity contribution is 7.24. The van der Waals surface area contributed by atoms with Crippen LogP contribution in [0.5, 0.6) is 0 Å². The van der Waals surface area contributed by atoms with Crippen molar-refractivity contribution in [3.8, 4) is 15.8 Å². The fraction of sp³-hybridized carbons (Fsp3) is 0.368. The summed E-state index contributed by atoms with van der Waals surface area (Å²) >= 11 is 3.14. The molecule has 2 aromatic heterocycles. The van der Waals surface area contributed by atoms with Crippen LogP contribution in [0.2, 0.25) is 0 Å². The third-order valence-corrected chi connectivity index (χ3v) is 5.73. The Morgan fingerprint density at radius 1 is 1.27 bits per heavy atom. The van der Waals surface area contributed by atoms with E-state index in [1.54, 1.807) is 38.2 Å². The van der Waals surface area contributed by atoms with Crippen molar-refractivity contribution in [2.75, 3.05) is 25.1 Å². The molecule has 2 heterocycles. The highest BCUT2D eigenvalue weighted by Gasteiger charge is 2.20. The number of ether oxygens (including phenoxy) is 1. The van der Waals surface area contributed by atoms with Gasteiger partial charge in [0.15, 0.2) is 0 Å². The van der Waals surface area contributed by atoms with Crippen LogP contribution in [-0.2, 0) is 9.53 Å². The molecule has 2 aromatic rings. The van der Waals surface area contributed by atoms with Gasteiger partial charge in [0, 0.05) is 28.2 Å². The Bertz CT molecular complexity index is 838. The van der Waals surface area contributed by atoms with E-state index in [-0.39, 0.29) is 12.2 Å². The van der Waals surface area contributed by atoms with Crippen molar-refractivity contribution in [2.24, 2.45) is 0 Å². The largest absolute Gasteiger partial charge is 0.456 e. The molecule has 0 saturated heterocycles. The van der Waals surface area contributed by atoms with Gasteiger partial charge in [-0.25, -0.2) is 4.79 Å². The van der Waals surface area contributed by atoms with Crippen LogP contribution in [0.1, 0.15) is 25.6 Å². The molecule has 0 amide bonds. The van der Waals surface area contributed by atoms with E-state index in [0.29, 0.717) is 6.54 Å². The number of hydrogen-bond donors (Lipinski definition) is 1. The number of anilines is 1. The quantitative estimate of drug-likeness (QED) is 0.456. The normalized spacial score (nSPS) is 11.9. The molecular weight excluding hydrogens is 368 g/mol. The van der Waals surface area contributed by atoms with E-state index in [0.717, 1.165) is 19.6 Å². The fourth-order valence-corrected chi connectivity index (χ4v) is 4.14. The Labute approximate surface area is 161 Å². The summed E-state index contributed by atoms with van der Waals surface area (Å²) in [4.78, 5) is 17.1. The van der Waals surface area contributed by atoms with Crippen LogP contribution in [0.3, 0.4) is 0 Å². The molecule has 0 atom stereocenters. The van der Waals surface area contributed by atoms with Crippen molar-refractivity contribution >= 4 is 39.7 Å². The Balaban J connectivity index is 2.19. The van der Waals surface area contributed by atoms with Gasteiger partial charge in [-0.1, -0.05) is 0 Å². The number of likely N-dealkylation sites (N-methyl/N-ethyl adjacent to an activating group) is 1. The van der Waals surface area contributed by atoms with Crippen molar-refractivity contribution in [1.29, 1.82) is 5.26 Å². The predicted molar refractivity (Wildman–Crippen MR) is 107 cm³/mol. The fourth-order valence-electron chi connectivity index (χ4n) is 2.10. The molecule has 0 unspecified atom stereocenters. The number of aliphatic hydroxyl groups is 1. The number of hydrogen-bond acceptors (Lipinski definition) is 7. The van der Waals surface area contributed by atoms with E-state index in [4.69, 9.17) is 9.84 Å². The number of aliphatic hydroxyl groups excluding tert-OH is 1. The smallest absolute Gasteiger partial charge is 0.349 e. The lowest BCUT2D eigenvalue weighted by molar-refractivity contribution is -0.149. The Morgan fingerprint density at radius 2 is 1.92 bits per heavy atom. The summed E-state index contributed by atoms with van der Waals surface area (Å²) in [5, 5.41) is 19.4. The molecule has 0 saturated carbocycles. The van der Waals surface area contributed by atoms with Crippen molar-refractivity contribution in [2.45, 2.75) is 26.4 Å². The zero-order valence-corrected chi connectivity index (χ0v) is 16.9. The van der Waals surface area contributed by atoms with Gasteiger partial charge in [0.2, 0.25) is 0 Å². The maximum Gasteiger partial charge on any atom is 0.349 e. The summed E-state index contributed by atoms with van der Waals surface area (Å²) in [7, 11) is 1.94. The molecule has 0 aliphatic heterocycles. The third-order valence-electron chi connectivity index (χ3n) is 3.30. The predicted octanol–water partition coefficient (Wildman–Crippen LogP) is 4.15. The lowest BCUT2D eigenvalue weighted by atomic mass is 10.2. The second kappa shape index (κ2) is 8.49. The number of rotatable bonds is 6. The van der Waals surface area contributed by atoms with Gasteiger partial charge in [-0.05, 0) is 51.1 Å². The van der Waals surface area contributed by atoms with E-state index in [1.807, 2.05) is 42.3 Å². The number of carbonyl (C=O) groups is 1. The van der Waals surface area contributed by atoms with Crippen molar-refractivity contribution in [3.05, 3.63) is 34.7 Å². The first-order valence-electron chi connectivity index (χ1n) is 8.10. The van der Waals surface area contributed by atoms with Crippen molar-refractivity contribution in [3.63, 3.8) is 0 Å². The molecule has 0 spiro atoms. The van der Waals surface area contributed by atoms with Gasteiger partial charge in [0.05, 0.1) is 11.6 Å². The molecule has 0 aliphatic rings. The average molecular weight is 391 g/mol. The van der Waals surface area contributed by atoms with Crippen LogP contribution >= 0.6 is 22.7 Å². The van der Waals surface area contributed by atoms with Gasteiger partial charge < -0.3 is 14.7 Å². The van der Waals surface area contributed by atoms with Crippen LogP contribution < -0.4 is 4.90 Å². The molecule has 138 valence electrons. The number of nitriles is 1. The maximum atomic E-state index is 12.1. The van der Waals surface area contributed by atoms with Crippen LogP contribution in [0, 0.1) is 11.3 Å². The van der Waals surface area contributed by atoms with E-state index in [2.05, 4.69) is 0 Å². The Hall–Kier alpha value is -2.14. The highest BCUT2D eigenvalue weighted by atomic mass is 32.1. The number of nitrogens with zero attached hydrogens (tertiary/aromatic N) is 2. The second-order valence-electron chi connectivity index (χ2n) is 6.66. The summed E-state index contributed by atoms with van der Waals surface area (Å²) in [5.74, 6) is -0.612. The first-order chi connectivity index (χ1) is 12.2. The molecule has 2 rings (SSSR count). The maximum absolute atomic E-state index is 12.1. The van der Waals surface area contributed by atoms with Crippen LogP contribution in [0.4, 0.5) is 5.00 Å². The van der Waals surface area contributed by atoms with E-state index in [9.17, 15) is 10.1 Å². The summed E-state index contributed by atoms with van der Waals surface area (Å²) in [6, 6.07) is 9.84. The van der Waals surface area contributed by atoms with Gasteiger partial charge in [-0.3, -0.25) is 0 Å². The minimum atomic E-state index is -0.637. The minimum Gasteiger partial charge on any atom is -0.456 e. The first kappa shape index (κ1) is 20.2. The first-order valence-corrected chi connectivity index (χ1v) is 9.74. The number of esters is 1. The second-order valence-corrected chi connectivity index (χ2v) is 8.83. The summed E-state index contributed by atoms with van der Waals surface area (Å²) in [6.07, 6.45) is 1.56. The molecule has 0 aliphatic carbocycles. The summed E-state index contributed by atoms with van der Waals surface area (Å²) in [5.41, 5.74) is -0.649. The zero-order valence-electron chi connectivity index (χ0n) is 15.3. The monoisotopic (exact) mass is 390 g/mol. The number of thiophene rings is 2. The molecule has 0 bridgehead atoms. The summed E-state index contributed by atoms with van der Waals surface area (Å²) in [6.45, 7) is 6.00. The van der Waals surface area contributed by atoms with E-state index in [1.165, 1.54) is 11.3 Å². The molecule has 0 aromatic carbocycles. The minimum absolute atomic E-state index is 0.0112. The standard InChI is InChI=1S/C19H22N2O3S2/c1-19(2,3)24-18(23)13(12-20)11-14-5-6-15(25-14)16-7-8-17(26-16)21(4)9-10-22/h5-8,11,22H,9-10H2,1-4H3/b13-11+. The van der Waals surface area contributed by atoms with Crippen molar-refractivity contribution in [1.82, 2.24) is 0 Å². The van der Waals surface area contributed by atoms with Crippen LogP contribution in [0.25, 0.3) is 15.8 Å². The molecular formula is C19H22N2O3S2. The average Bonchev–Trinajstić information content (AvgIpc) is 3.20. The Morgan fingerprint density at radius 3 is 2.54 bits per heavy atom. The van der Waals surface area contributed by atoms with E-state index < -0.39 is 11.6 Å². The number of carbonyl (C=O) groups excluding carboxylic acids is 1. The lowest BCUT2D eigenvalue weighted by Crippen LogP contribution is -2.24. The van der Waals surface area contributed by atoms with Crippen LogP contribution in [0.15, 0.2) is 29.8 Å². The topological polar surface area (TPSA) is 73.6 Å². The van der Waals surface area contributed by atoms with E-state index >= 15 is 0 Å². The van der Waals surface area contributed by atoms with Gasteiger partial charge in [0.25, 0.3) is 0 Å². The highest BCUT2D eigenvalue weighted by Crippen LogP contribution is 2.37. The molecule has 1 N–H and O–H groups in total. The molecule has 5 nitrogen and oxygen atoms in total. The lowest BCUT2D eigenvalue weighted by Gasteiger charge is -2.18. The Kier molecular flexibility index (Phi) is 6.59. The van der Waals surface area contributed by atoms with Gasteiger partial charge in [0.1, 0.15) is 17.2 Å². The third kappa shape index (κ3) is 5.43. The molecule has 0 radical (unpaired) electrons. The van der Waals surface area contributed by atoms with Gasteiger partial charge >= 0.3 is 5.97 Å². The SMILES string of the molecule is CN(CCO)c1ccc(-c2ccc(/C=C(\C#N)C(=O)OC(C)(C)C)s2)s1. The van der Waals surface area contributed by atoms with Gasteiger partial charge in [-0.15, -0.1) is 22.7 Å². The molecule has 26 heavy (non-hydrogen) atoms. The molecule has 0 fully saturated rings. The summed E-state index contributed by atoms with van der Waals surface area (Å²) < 4.78 is 5.26. The van der Waals surface area contributed by atoms with Gasteiger partial charge in [-0.2, -0.15) is 5.26 Å². The van der Waals surface area contributed by atoms with Crippen LogP contribution in [-0.4, -0.2) is 36.9 Å². The molecule has 7 heteroatoms. The van der Waals surface area contributed by atoms with Crippen molar-refractivity contribution < 1.29 is 14.6 Å².